The fraction of sp³-hybridized carbons (Fsp3) is 0.267. The van der Waals surface area contributed by atoms with Crippen LogP contribution in [0.5, 0.6) is 5.75 Å². The van der Waals surface area contributed by atoms with E-state index in [0.717, 1.165) is 22.6 Å². The highest BCUT2D eigenvalue weighted by Crippen LogP contribution is 2.34. The molecule has 1 aliphatic heterocycles. The quantitative estimate of drug-likeness (QED) is 0.747. The maximum absolute atomic E-state index is 12.1. The van der Waals surface area contributed by atoms with E-state index in [9.17, 15) is 14.8 Å². The van der Waals surface area contributed by atoms with Crippen LogP contribution in [0, 0.1) is 6.92 Å². The lowest BCUT2D eigenvalue weighted by atomic mass is 9.81. The average molecular weight is 285 g/mol. The lowest BCUT2D eigenvalue weighted by Crippen LogP contribution is -2.42. The molecule has 0 saturated heterocycles. The smallest absolute Gasteiger partial charge is 0.491 e. The van der Waals surface area contributed by atoms with Crippen LogP contribution in [0.1, 0.15) is 18.5 Å². The molecule has 1 aromatic carbocycles. The summed E-state index contributed by atoms with van der Waals surface area (Å²) in [5.41, 5.74) is 2.22. The van der Waals surface area contributed by atoms with Crippen molar-refractivity contribution in [1.29, 1.82) is 0 Å². The van der Waals surface area contributed by atoms with Gasteiger partial charge in [-0.15, -0.1) is 0 Å². The summed E-state index contributed by atoms with van der Waals surface area (Å²) in [7, 11) is -1.77. The zero-order valence-electron chi connectivity index (χ0n) is 11.9. The largest absolute Gasteiger partial charge is 0.493 e. The first kappa shape index (κ1) is 13.9. The molecule has 2 heterocycles. The highest BCUT2D eigenvalue weighted by Gasteiger charge is 2.24. The van der Waals surface area contributed by atoms with Gasteiger partial charge in [0.1, 0.15) is 12.4 Å². The predicted molar refractivity (Wildman–Crippen MR) is 80.9 cm³/mol. The van der Waals surface area contributed by atoms with Crippen LogP contribution in [0.15, 0.2) is 35.3 Å². The molecule has 6 heteroatoms. The monoisotopic (exact) mass is 285 g/mol. The number of pyridine rings is 1. The number of aromatic nitrogens is 1. The fourth-order valence-electron chi connectivity index (χ4n) is 2.60. The van der Waals surface area contributed by atoms with E-state index in [-0.39, 0.29) is 11.5 Å². The average Bonchev–Trinajstić information content (AvgIpc) is 2.56. The maximum atomic E-state index is 12.1. The van der Waals surface area contributed by atoms with E-state index in [1.165, 1.54) is 12.3 Å². The standard InChI is InChI=1S/C15H16BNO4/c1-9-3-4-15-11(5-9)13-6-14(18)12(16(19)20)7-17(13)10(2)8-21-15/h3-7,10,19-20H,8H2,1-2H3/t10-/m1/s1. The molecule has 0 spiro atoms. The Bertz CT molecular complexity index is 754. The third-order valence-corrected chi connectivity index (χ3v) is 3.75. The molecule has 1 atom stereocenters. The Morgan fingerprint density at radius 3 is 2.81 bits per heavy atom. The molecule has 0 amide bonds. The van der Waals surface area contributed by atoms with Crippen molar-refractivity contribution in [3.05, 3.63) is 46.2 Å². The van der Waals surface area contributed by atoms with Crippen LogP contribution in [0.2, 0.25) is 0 Å². The first-order chi connectivity index (χ1) is 9.97. The van der Waals surface area contributed by atoms with Crippen LogP contribution in [-0.2, 0) is 0 Å². The minimum Gasteiger partial charge on any atom is -0.491 e. The molecule has 108 valence electrons. The van der Waals surface area contributed by atoms with Crippen molar-refractivity contribution in [2.75, 3.05) is 6.61 Å². The Balaban J connectivity index is 2.31. The lowest BCUT2D eigenvalue weighted by Gasteiger charge is -2.17. The van der Waals surface area contributed by atoms with Crippen LogP contribution in [0.4, 0.5) is 0 Å². The lowest BCUT2D eigenvalue weighted by molar-refractivity contribution is 0.269. The fourth-order valence-corrected chi connectivity index (χ4v) is 2.60. The number of hydrogen-bond acceptors (Lipinski definition) is 4. The van der Waals surface area contributed by atoms with Crippen LogP contribution in [-0.4, -0.2) is 28.3 Å². The van der Waals surface area contributed by atoms with Gasteiger partial charge in [-0.3, -0.25) is 4.79 Å². The van der Waals surface area contributed by atoms with Gasteiger partial charge in [-0.05, 0) is 26.0 Å². The van der Waals surface area contributed by atoms with Crippen molar-refractivity contribution in [3.8, 4) is 17.0 Å². The molecule has 3 rings (SSSR count). The van der Waals surface area contributed by atoms with Gasteiger partial charge in [-0.1, -0.05) is 11.6 Å². The van der Waals surface area contributed by atoms with Gasteiger partial charge in [0.15, 0.2) is 5.43 Å². The predicted octanol–water partition coefficient (Wildman–Crippen LogP) is 0.457. The molecule has 0 bridgehead atoms. The minimum atomic E-state index is -1.77. The Morgan fingerprint density at radius 1 is 1.33 bits per heavy atom. The second-order valence-electron chi connectivity index (χ2n) is 5.42. The van der Waals surface area contributed by atoms with Crippen molar-refractivity contribution in [3.63, 3.8) is 0 Å². The Labute approximate surface area is 122 Å². The number of benzene rings is 1. The van der Waals surface area contributed by atoms with E-state index < -0.39 is 12.5 Å². The molecule has 1 aliphatic rings. The second kappa shape index (κ2) is 5.05. The normalized spacial score (nSPS) is 16.5. The molecular weight excluding hydrogens is 269 g/mol. The molecule has 0 radical (unpaired) electrons. The summed E-state index contributed by atoms with van der Waals surface area (Å²) in [5, 5.41) is 18.6. The summed E-state index contributed by atoms with van der Waals surface area (Å²) >= 11 is 0. The second-order valence-corrected chi connectivity index (χ2v) is 5.42. The third kappa shape index (κ3) is 2.37. The van der Waals surface area contributed by atoms with Crippen molar-refractivity contribution in [1.82, 2.24) is 4.57 Å². The summed E-state index contributed by atoms with van der Waals surface area (Å²) in [5.74, 6) is 0.732. The van der Waals surface area contributed by atoms with E-state index in [1.807, 2.05) is 36.6 Å². The molecule has 1 aromatic heterocycles. The summed E-state index contributed by atoms with van der Waals surface area (Å²) in [4.78, 5) is 12.1. The Morgan fingerprint density at radius 2 is 2.10 bits per heavy atom. The third-order valence-electron chi connectivity index (χ3n) is 3.75. The van der Waals surface area contributed by atoms with Gasteiger partial charge in [0, 0.05) is 23.3 Å². The molecule has 0 aliphatic carbocycles. The van der Waals surface area contributed by atoms with Crippen molar-refractivity contribution in [2.24, 2.45) is 0 Å². The van der Waals surface area contributed by atoms with Crippen molar-refractivity contribution < 1.29 is 14.8 Å². The van der Waals surface area contributed by atoms with Crippen LogP contribution < -0.4 is 15.6 Å². The number of hydrogen-bond donors (Lipinski definition) is 2. The van der Waals surface area contributed by atoms with Gasteiger partial charge in [-0.2, -0.15) is 0 Å². The topological polar surface area (TPSA) is 71.7 Å². The summed E-state index contributed by atoms with van der Waals surface area (Å²) in [6.07, 6.45) is 1.51. The Hall–Kier alpha value is -2.05. The zero-order valence-corrected chi connectivity index (χ0v) is 11.9. The number of ether oxygens (including phenoxy) is 1. The highest BCUT2D eigenvalue weighted by molar-refractivity contribution is 6.58. The number of rotatable bonds is 1. The maximum Gasteiger partial charge on any atom is 0.493 e. The molecule has 21 heavy (non-hydrogen) atoms. The summed E-state index contributed by atoms with van der Waals surface area (Å²) in [6, 6.07) is 7.24. The van der Waals surface area contributed by atoms with Gasteiger partial charge in [0.25, 0.3) is 0 Å². The van der Waals surface area contributed by atoms with Gasteiger partial charge in [0.05, 0.1) is 11.7 Å². The molecule has 5 nitrogen and oxygen atoms in total. The van der Waals surface area contributed by atoms with E-state index >= 15 is 0 Å². The van der Waals surface area contributed by atoms with Crippen molar-refractivity contribution in [2.45, 2.75) is 19.9 Å². The van der Waals surface area contributed by atoms with E-state index in [4.69, 9.17) is 4.74 Å². The highest BCUT2D eigenvalue weighted by atomic mass is 16.5. The van der Waals surface area contributed by atoms with Gasteiger partial charge in [0.2, 0.25) is 0 Å². The van der Waals surface area contributed by atoms with E-state index in [2.05, 4.69) is 0 Å². The summed E-state index contributed by atoms with van der Waals surface area (Å²) in [6.45, 7) is 4.38. The van der Waals surface area contributed by atoms with Crippen LogP contribution in [0.3, 0.4) is 0 Å². The molecule has 2 aromatic rings. The number of aryl methyl sites for hydroxylation is 1. The first-order valence-corrected chi connectivity index (χ1v) is 6.83. The molecular formula is C15H16BNO4. The van der Waals surface area contributed by atoms with Gasteiger partial charge >= 0.3 is 7.12 Å². The van der Waals surface area contributed by atoms with Crippen molar-refractivity contribution >= 4 is 12.6 Å². The minimum absolute atomic E-state index is 0.0224. The summed E-state index contributed by atoms with van der Waals surface area (Å²) < 4.78 is 7.65. The molecule has 0 unspecified atom stereocenters. The first-order valence-electron chi connectivity index (χ1n) is 6.83. The number of nitrogens with zero attached hydrogens (tertiary/aromatic N) is 1. The molecule has 2 N–H and O–H groups in total. The zero-order chi connectivity index (χ0) is 15.1. The number of fused-ring (bicyclic) bond motifs is 3. The molecule has 0 saturated carbocycles. The van der Waals surface area contributed by atoms with E-state index in [0.29, 0.717) is 6.61 Å². The molecule has 0 fully saturated rings. The van der Waals surface area contributed by atoms with Gasteiger partial charge < -0.3 is 19.4 Å². The Kier molecular flexibility index (Phi) is 3.35. The SMILES string of the molecule is Cc1ccc2c(c1)-c1cc(=O)c(B(O)O)cn1[C@H](C)CO2. The van der Waals surface area contributed by atoms with Gasteiger partial charge in [-0.25, -0.2) is 0 Å². The van der Waals surface area contributed by atoms with Crippen LogP contribution >= 0.6 is 0 Å². The van der Waals surface area contributed by atoms with Crippen LogP contribution in [0.25, 0.3) is 11.3 Å². The van der Waals surface area contributed by atoms with E-state index in [1.54, 1.807) is 0 Å².